The molecule has 7 rings (SSSR count). The topological polar surface area (TPSA) is 44.9 Å². The zero-order valence-electron chi connectivity index (χ0n) is 30.6. The molecule has 0 aliphatic heterocycles. The molecule has 256 valence electrons. The largest absolute Gasteiger partial charge is 2.00 e. The van der Waals surface area contributed by atoms with Gasteiger partial charge in [0, 0.05) is 34.2 Å². The standard InChI is InChI=1S/C44H44N4O.Pd/c1-26(2)32-22-33(48-43(44(8,9)10)42(31(7)46-48)41-29(5)19-28(4)20-30(41)6)24-35(23-32)49-34-15-16-37-36-13-11-12-14-38(36)47(39(37)25-34)40-21-27(3)17-18-45-40;/h11-23,26H,1-10H3;/q-2;+2. The van der Waals surface area contributed by atoms with Crippen LogP contribution in [0.1, 0.15) is 79.7 Å². The fourth-order valence-electron chi connectivity index (χ4n) is 7.25. The Balaban J connectivity index is 0.00000432. The third-order valence-corrected chi connectivity index (χ3v) is 9.35. The van der Waals surface area contributed by atoms with Gasteiger partial charge in [-0.15, -0.1) is 41.3 Å². The number of hydrogen-bond donors (Lipinski definition) is 0. The SMILES string of the molecule is Cc1ccnc(-n2c3[c-]c(Oc4[c-]c(-n5nc(C)c(-c6c(C)cc(C)cc6C)c5C(C)(C)C)cc(C(C)C)c4)ccc3c3ccccc32)c1.[Pd+2]. The van der Waals surface area contributed by atoms with E-state index in [2.05, 4.69) is 151 Å². The minimum Gasteiger partial charge on any atom is -0.509 e. The van der Waals surface area contributed by atoms with Gasteiger partial charge >= 0.3 is 20.4 Å². The number of benzene rings is 4. The summed E-state index contributed by atoms with van der Waals surface area (Å²) < 4.78 is 10.9. The van der Waals surface area contributed by atoms with E-state index in [-0.39, 0.29) is 31.8 Å². The Morgan fingerprint density at radius 1 is 0.740 bits per heavy atom. The molecule has 0 atom stereocenters. The van der Waals surface area contributed by atoms with E-state index in [1.165, 1.54) is 27.8 Å². The molecule has 0 saturated heterocycles. The van der Waals surface area contributed by atoms with Gasteiger partial charge in [-0.25, -0.2) is 4.98 Å². The minimum absolute atomic E-state index is 0. The second-order valence-electron chi connectivity index (χ2n) is 14.8. The van der Waals surface area contributed by atoms with E-state index in [0.29, 0.717) is 11.5 Å². The Bertz CT molecular complexity index is 2370. The van der Waals surface area contributed by atoms with Gasteiger partial charge in [-0.2, -0.15) is 11.2 Å². The van der Waals surface area contributed by atoms with Crippen molar-refractivity contribution in [1.29, 1.82) is 0 Å². The van der Waals surface area contributed by atoms with Crippen LogP contribution in [0, 0.1) is 46.8 Å². The maximum Gasteiger partial charge on any atom is 2.00 e. The maximum absolute atomic E-state index is 6.66. The van der Waals surface area contributed by atoms with Gasteiger partial charge in [0.25, 0.3) is 0 Å². The molecule has 0 spiro atoms. The van der Waals surface area contributed by atoms with Gasteiger partial charge in [0.1, 0.15) is 5.82 Å². The van der Waals surface area contributed by atoms with Gasteiger partial charge in [-0.3, -0.25) is 4.68 Å². The third kappa shape index (κ3) is 6.32. The molecule has 0 aliphatic carbocycles. The van der Waals surface area contributed by atoms with Crippen molar-refractivity contribution in [2.45, 2.75) is 80.6 Å². The molecule has 0 amide bonds. The summed E-state index contributed by atoms with van der Waals surface area (Å²) in [5, 5.41) is 7.46. The molecule has 0 fully saturated rings. The second-order valence-corrected chi connectivity index (χ2v) is 14.8. The predicted molar refractivity (Wildman–Crippen MR) is 202 cm³/mol. The summed E-state index contributed by atoms with van der Waals surface area (Å²) >= 11 is 0. The van der Waals surface area contributed by atoms with Gasteiger partial charge < -0.3 is 9.30 Å². The molecule has 5 nitrogen and oxygen atoms in total. The van der Waals surface area contributed by atoms with Crippen LogP contribution in [-0.2, 0) is 25.8 Å². The number of aromatic nitrogens is 4. The smallest absolute Gasteiger partial charge is 0.509 e. The monoisotopic (exact) mass is 750 g/mol. The number of nitrogens with zero attached hydrogens (tertiary/aromatic N) is 4. The summed E-state index contributed by atoms with van der Waals surface area (Å²) in [6, 6.07) is 32.7. The number of pyridine rings is 1. The normalized spacial score (nSPS) is 11.8. The molecule has 0 aliphatic rings. The second kappa shape index (κ2) is 13.3. The molecule has 4 aromatic carbocycles. The maximum atomic E-state index is 6.66. The Morgan fingerprint density at radius 2 is 1.46 bits per heavy atom. The molecule has 50 heavy (non-hydrogen) atoms. The molecule has 0 N–H and O–H groups in total. The van der Waals surface area contributed by atoms with Crippen molar-refractivity contribution < 1.29 is 25.2 Å². The Morgan fingerprint density at radius 3 is 2.14 bits per heavy atom. The summed E-state index contributed by atoms with van der Waals surface area (Å²) in [6.07, 6.45) is 1.86. The van der Waals surface area contributed by atoms with Crippen LogP contribution in [0.25, 0.3) is 44.4 Å². The first-order valence-corrected chi connectivity index (χ1v) is 17.1. The van der Waals surface area contributed by atoms with E-state index in [4.69, 9.17) is 14.8 Å². The molecule has 6 heteroatoms. The van der Waals surface area contributed by atoms with Crippen molar-refractivity contribution in [1.82, 2.24) is 19.3 Å². The van der Waals surface area contributed by atoms with E-state index < -0.39 is 0 Å². The number of rotatable bonds is 6. The summed E-state index contributed by atoms with van der Waals surface area (Å²) in [6.45, 7) is 22.0. The Kier molecular flexibility index (Phi) is 9.42. The van der Waals surface area contributed by atoms with Gasteiger partial charge in [0.15, 0.2) is 0 Å². The number of ether oxygens (including phenoxy) is 1. The Labute approximate surface area is 310 Å². The van der Waals surface area contributed by atoms with E-state index in [1.807, 2.05) is 18.3 Å². The summed E-state index contributed by atoms with van der Waals surface area (Å²) in [5.74, 6) is 2.37. The van der Waals surface area contributed by atoms with E-state index in [0.717, 1.165) is 55.8 Å². The zero-order valence-corrected chi connectivity index (χ0v) is 32.2. The van der Waals surface area contributed by atoms with Crippen LogP contribution in [0.3, 0.4) is 0 Å². The van der Waals surface area contributed by atoms with Crippen molar-refractivity contribution in [3.05, 3.63) is 130 Å². The van der Waals surface area contributed by atoms with Crippen molar-refractivity contribution in [2.75, 3.05) is 0 Å². The first-order chi connectivity index (χ1) is 23.3. The Hall–Kier alpha value is -4.50. The van der Waals surface area contributed by atoms with Crippen LogP contribution in [0.2, 0.25) is 0 Å². The molecule has 0 saturated carbocycles. The first-order valence-electron chi connectivity index (χ1n) is 17.1. The molecule has 7 aromatic rings. The van der Waals surface area contributed by atoms with Crippen molar-refractivity contribution in [3.63, 3.8) is 0 Å². The minimum atomic E-state index is -0.195. The third-order valence-electron chi connectivity index (χ3n) is 9.35. The van der Waals surface area contributed by atoms with E-state index >= 15 is 0 Å². The van der Waals surface area contributed by atoms with Crippen LogP contribution in [0.15, 0.2) is 79.0 Å². The summed E-state index contributed by atoms with van der Waals surface area (Å²) in [4.78, 5) is 4.73. The number of aryl methyl sites for hydroxylation is 5. The molecule has 3 aromatic heterocycles. The molecule has 0 radical (unpaired) electrons. The van der Waals surface area contributed by atoms with Crippen LogP contribution in [0.4, 0.5) is 0 Å². The molecular weight excluding hydrogens is 707 g/mol. The number of hydrogen-bond acceptors (Lipinski definition) is 3. The van der Waals surface area contributed by atoms with Crippen LogP contribution >= 0.6 is 0 Å². The van der Waals surface area contributed by atoms with Gasteiger partial charge in [-0.1, -0.05) is 76.0 Å². The average molecular weight is 751 g/mol. The molecule has 0 unspecified atom stereocenters. The van der Waals surface area contributed by atoms with Crippen molar-refractivity contribution >= 4 is 21.8 Å². The molecule has 0 bridgehead atoms. The van der Waals surface area contributed by atoms with E-state index in [1.54, 1.807) is 0 Å². The number of fused-ring (bicyclic) bond motifs is 3. The number of para-hydroxylation sites is 1. The molecular formula is C44H44N4OPd. The predicted octanol–water partition coefficient (Wildman–Crippen LogP) is 11.4. The van der Waals surface area contributed by atoms with Crippen molar-refractivity contribution in [2.24, 2.45) is 0 Å². The zero-order chi connectivity index (χ0) is 34.8. The average Bonchev–Trinajstić information content (AvgIpc) is 3.55. The van der Waals surface area contributed by atoms with Crippen LogP contribution in [0.5, 0.6) is 11.5 Å². The first kappa shape index (κ1) is 35.3. The van der Waals surface area contributed by atoms with Crippen molar-refractivity contribution in [3.8, 4) is 34.1 Å². The fraction of sp³-hybridized carbons (Fsp3) is 0.273. The summed E-state index contributed by atoms with van der Waals surface area (Å²) in [5.41, 5.74) is 13.4. The van der Waals surface area contributed by atoms with Crippen LogP contribution < -0.4 is 4.74 Å². The van der Waals surface area contributed by atoms with E-state index in [9.17, 15) is 0 Å². The quantitative estimate of drug-likeness (QED) is 0.126. The summed E-state index contributed by atoms with van der Waals surface area (Å²) in [7, 11) is 0. The van der Waals surface area contributed by atoms with Gasteiger partial charge in [0.2, 0.25) is 0 Å². The fourth-order valence-corrected chi connectivity index (χ4v) is 7.25. The molecule has 3 heterocycles. The van der Waals surface area contributed by atoms with Gasteiger partial charge in [-0.05, 0) is 92.1 Å². The van der Waals surface area contributed by atoms with Crippen LogP contribution in [-0.4, -0.2) is 19.3 Å². The van der Waals surface area contributed by atoms with Gasteiger partial charge in [0.05, 0.1) is 11.4 Å².